The van der Waals surface area contributed by atoms with Gasteiger partial charge in [-0.25, -0.2) is 0 Å². The predicted molar refractivity (Wildman–Crippen MR) is 237 cm³/mol. The Hall–Kier alpha value is -8.94. The highest BCUT2D eigenvalue weighted by molar-refractivity contribution is 5.49. The molecule has 0 aliphatic rings. The highest BCUT2D eigenvalue weighted by Gasteiger charge is 2.23. The van der Waals surface area contributed by atoms with E-state index in [-0.39, 0.29) is 11.3 Å². The minimum Gasteiger partial charge on any atom is -0.388 e. The number of nitriles is 6. The summed E-state index contributed by atoms with van der Waals surface area (Å²) in [5.74, 6) is 3.55. The molecule has 0 bridgehead atoms. The molecule has 0 heterocycles. The van der Waals surface area contributed by atoms with Crippen LogP contribution >= 0.6 is 0 Å². The first-order chi connectivity index (χ1) is 30.8. The quantitative estimate of drug-likeness (QED) is 0.106. The molecule has 6 aromatic carbocycles. The zero-order valence-electron chi connectivity index (χ0n) is 36.5. The molecule has 12 heteroatoms. The van der Waals surface area contributed by atoms with Crippen LogP contribution in [-0.4, -0.2) is 0 Å². The third kappa shape index (κ3) is 13.0. The molecule has 6 rings (SSSR count). The van der Waals surface area contributed by atoms with E-state index in [9.17, 15) is 0 Å². The Morgan fingerprint density at radius 1 is 0.406 bits per heavy atom. The summed E-state index contributed by atoms with van der Waals surface area (Å²) in [5.41, 5.74) is 10.3. The minimum absolute atomic E-state index is 0.197. The fourth-order valence-corrected chi connectivity index (χ4v) is 7.03. The van der Waals surface area contributed by atoms with Crippen LogP contribution in [0.5, 0.6) is 34.5 Å². The van der Waals surface area contributed by atoms with Gasteiger partial charge in [0.25, 0.3) is 37.5 Å². The summed E-state index contributed by atoms with van der Waals surface area (Å²) in [6.45, 7) is 14.0. The predicted octanol–water partition coefficient (Wildman–Crippen LogP) is 11.5. The molecule has 0 spiro atoms. The third-order valence-corrected chi connectivity index (χ3v) is 10.3. The lowest BCUT2D eigenvalue weighted by atomic mass is 9.78. The van der Waals surface area contributed by atoms with E-state index in [1.165, 1.54) is 0 Å². The number of nitrogens with zero attached hydrogens (tertiary/aromatic N) is 6. The molecule has 0 amide bonds. The van der Waals surface area contributed by atoms with Crippen molar-refractivity contribution in [2.45, 2.75) is 66.2 Å². The van der Waals surface area contributed by atoms with Gasteiger partial charge in [0.2, 0.25) is 0 Å². The normalized spacial score (nSPS) is 9.91. The van der Waals surface area contributed by atoms with Crippen molar-refractivity contribution in [2.24, 2.45) is 0 Å². The van der Waals surface area contributed by atoms with Crippen LogP contribution in [0.3, 0.4) is 0 Å². The van der Waals surface area contributed by atoms with Gasteiger partial charge in [0.05, 0.1) is 0 Å². The zero-order valence-corrected chi connectivity index (χ0v) is 36.5. The van der Waals surface area contributed by atoms with Crippen molar-refractivity contribution in [3.8, 4) is 72.0 Å². The second kappa shape index (κ2) is 23.2. The van der Waals surface area contributed by atoms with Gasteiger partial charge in [0.1, 0.15) is 34.5 Å². The summed E-state index contributed by atoms with van der Waals surface area (Å²) in [4.78, 5) is 0. The molecule has 0 aliphatic carbocycles. The molecule has 0 aromatic heterocycles. The molecule has 0 N–H and O–H groups in total. The standard InChI is InChI=1S/C19H18N2O2.C17H14N2O2.C16H12N2O2/c1-12-5-16(6-13(2)18(12)22-10-20)9-17-7-14(3)19(23-11-21)15(4)8-17;1-17(2,13-3-7-15(8-4-13)20-11-18)14-5-9-16(10-6-14)21-12-19;1-12(13-2-6-15(7-3-13)19-10-17)14-4-8-16(9-5-14)20-11-18/h5-8H,9H2,1-4H3;3-10H,1-2H3;2-9,12H,1H3. The summed E-state index contributed by atoms with van der Waals surface area (Å²) < 4.78 is 29.1. The van der Waals surface area contributed by atoms with Crippen molar-refractivity contribution in [3.63, 3.8) is 0 Å². The van der Waals surface area contributed by atoms with Gasteiger partial charge in [-0.3, -0.25) is 0 Å². The summed E-state index contributed by atoms with van der Waals surface area (Å²) >= 11 is 0. The van der Waals surface area contributed by atoms with Gasteiger partial charge in [-0.2, -0.15) is 0 Å². The Balaban J connectivity index is 0.000000211. The molecule has 6 aromatic rings. The lowest BCUT2D eigenvalue weighted by molar-refractivity contribution is 0.498. The number of aryl methyl sites for hydroxylation is 4. The SMILES string of the molecule is CC(C)(c1ccc(OC#N)cc1)c1ccc(OC#N)cc1.CC(c1ccc(OC#N)cc1)c1ccc(OC#N)cc1.Cc1cc(Cc2cc(C)c(OC#N)c(C)c2)cc(C)c1OC#N. The number of hydrogen-bond acceptors (Lipinski definition) is 12. The molecule has 0 atom stereocenters. The summed E-state index contributed by atoms with van der Waals surface area (Å²) in [5, 5.41) is 51.3. The van der Waals surface area contributed by atoms with Crippen molar-refractivity contribution in [1.29, 1.82) is 31.6 Å². The van der Waals surface area contributed by atoms with Crippen molar-refractivity contribution < 1.29 is 28.4 Å². The van der Waals surface area contributed by atoms with Crippen LogP contribution in [-0.2, 0) is 11.8 Å². The lowest BCUT2D eigenvalue weighted by Crippen LogP contribution is -2.18. The van der Waals surface area contributed by atoms with Crippen LogP contribution in [0.4, 0.5) is 0 Å². The average Bonchev–Trinajstić information content (AvgIpc) is 3.28. The Bertz CT molecular complexity index is 2540. The van der Waals surface area contributed by atoms with Gasteiger partial charge < -0.3 is 28.4 Å². The van der Waals surface area contributed by atoms with E-state index < -0.39 is 0 Å². The number of hydrogen-bond donors (Lipinski definition) is 0. The van der Waals surface area contributed by atoms with E-state index in [2.05, 4.69) is 20.8 Å². The van der Waals surface area contributed by atoms with E-state index in [4.69, 9.17) is 60.0 Å². The first kappa shape index (κ1) is 47.7. The number of ether oxygens (including phenoxy) is 6. The monoisotopic (exact) mass is 848 g/mol. The average molecular weight is 849 g/mol. The number of rotatable bonds is 12. The van der Waals surface area contributed by atoms with Crippen LogP contribution in [0.2, 0.25) is 0 Å². The molecule has 0 unspecified atom stereocenters. The van der Waals surface area contributed by atoms with Crippen LogP contribution in [0.1, 0.15) is 82.3 Å². The second-order valence-electron chi connectivity index (χ2n) is 15.0. The molecule has 12 nitrogen and oxygen atoms in total. The third-order valence-electron chi connectivity index (χ3n) is 10.3. The van der Waals surface area contributed by atoms with E-state index in [1.807, 2.05) is 100 Å². The van der Waals surface area contributed by atoms with Crippen molar-refractivity contribution >= 4 is 0 Å². The summed E-state index contributed by atoms with van der Waals surface area (Å²) in [7, 11) is 0. The Labute approximate surface area is 374 Å². The van der Waals surface area contributed by atoms with Crippen molar-refractivity contribution in [1.82, 2.24) is 0 Å². The second-order valence-corrected chi connectivity index (χ2v) is 15.0. The Morgan fingerprint density at radius 2 is 0.656 bits per heavy atom. The molecular weight excluding hydrogens is 805 g/mol. The lowest BCUT2D eigenvalue weighted by Gasteiger charge is -2.26. The Morgan fingerprint density at radius 3 is 0.906 bits per heavy atom. The van der Waals surface area contributed by atoms with Gasteiger partial charge in [0.15, 0.2) is 0 Å². The molecule has 0 fully saturated rings. The van der Waals surface area contributed by atoms with Crippen molar-refractivity contribution in [2.75, 3.05) is 0 Å². The fourth-order valence-electron chi connectivity index (χ4n) is 7.03. The van der Waals surface area contributed by atoms with Gasteiger partial charge in [-0.15, -0.1) is 31.6 Å². The smallest absolute Gasteiger partial charge is 0.292 e. The van der Waals surface area contributed by atoms with Crippen LogP contribution in [0, 0.1) is 96.8 Å². The maximum atomic E-state index is 8.70. The van der Waals surface area contributed by atoms with E-state index in [1.54, 1.807) is 86.1 Å². The summed E-state index contributed by atoms with van der Waals surface area (Å²) in [6, 6.07) is 37.7. The first-order valence-electron chi connectivity index (χ1n) is 19.7. The van der Waals surface area contributed by atoms with E-state index in [0.717, 1.165) is 62.1 Å². The maximum Gasteiger partial charge on any atom is 0.292 e. The van der Waals surface area contributed by atoms with E-state index in [0.29, 0.717) is 34.5 Å². The molecule has 0 radical (unpaired) electrons. The van der Waals surface area contributed by atoms with Crippen LogP contribution in [0.15, 0.2) is 121 Å². The van der Waals surface area contributed by atoms with Crippen LogP contribution < -0.4 is 28.4 Å². The van der Waals surface area contributed by atoms with Gasteiger partial charge in [-0.1, -0.05) is 93.6 Å². The summed E-state index contributed by atoms with van der Waals surface area (Å²) in [6.07, 6.45) is 10.8. The topological polar surface area (TPSA) is 198 Å². The molecule has 0 aliphatic heterocycles. The van der Waals surface area contributed by atoms with Gasteiger partial charge in [-0.05, 0) is 138 Å². The zero-order chi connectivity index (χ0) is 46.6. The van der Waals surface area contributed by atoms with E-state index >= 15 is 0 Å². The highest BCUT2D eigenvalue weighted by atomic mass is 16.5. The highest BCUT2D eigenvalue weighted by Crippen LogP contribution is 2.34. The molecule has 64 heavy (non-hydrogen) atoms. The molecular formula is C52H44N6O6. The molecule has 0 saturated heterocycles. The fraction of sp³-hybridized carbons (Fsp3) is 0.192. The first-order valence-corrected chi connectivity index (χ1v) is 19.7. The maximum absolute atomic E-state index is 8.70. The molecule has 318 valence electrons. The molecule has 0 saturated carbocycles. The van der Waals surface area contributed by atoms with Gasteiger partial charge in [0, 0.05) is 11.3 Å². The largest absolute Gasteiger partial charge is 0.388 e. The van der Waals surface area contributed by atoms with Crippen LogP contribution in [0.25, 0.3) is 0 Å². The number of benzene rings is 6. The Kier molecular flexibility index (Phi) is 17.3. The van der Waals surface area contributed by atoms with Crippen molar-refractivity contribution in [3.05, 3.63) is 177 Å². The minimum atomic E-state index is -0.212. The van der Waals surface area contributed by atoms with Gasteiger partial charge >= 0.3 is 0 Å².